The molecule has 1 heterocycles. The third-order valence-electron chi connectivity index (χ3n) is 2.80. The number of ether oxygens (including phenoxy) is 1. The first-order chi connectivity index (χ1) is 7.69. The van der Waals surface area contributed by atoms with Gasteiger partial charge in [0, 0.05) is 18.3 Å². The van der Waals surface area contributed by atoms with Gasteiger partial charge in [0.25, 0.3) is 0 Å². The summed E-state index contributed by atoms with van der Waals surface area (Å²) in [5, 5.41) is 3.54. The lowest BCUT2D eigenvalue weighted by atomic mass is 10.1. The van der Waals surface area contributed by atoms with Crippen LogP contribution in [-0.2, 0) is 6.42 Å². The molecule has 1 aliphatic heterocycles. The number of nitrogens with one attached hydrogen (secondary N) is 1. The number of fused-ring (bicyclic) bond motifs is 1. The van der Waals surface area contributed by atoms with Crippen LogP contribution >= 0.6 is 0 Å². The van der Waals surface area contributed by atoms with Gasteiger partial charge in [-0.2, -0.15) is 0 Å². The van der Waals surface area contributed by atoms with Gasteiger partial charge in [0.1, 0.15) is 5.75 Å². The van der Waals surface area contributed by atoms with Gasteiger partial charge < -0.3 is 15.0 Å². The van der Waals surface area contributed by atoms with Crippen LogP contribution < -0.4 is 10.1 Å². The van der Waals surface area contributed by atoms with Gasteiger partial charge in [0.2, 0.25) is 0 Å². The van der Waals surface area contributed by atoms with Crippen molar-refractivity contribution in [3.63, 3.8) is 0 Å². The van der Waals surface area contributed by atoms with E-state index in [-0.39, 0.29) is 0 Å². The molecule has 2 rings (SSSR count). The number of likely N-dealkylation sites (N-methyl/N-ethyl adjacent to an activating group) is 1. The van der Waals surface area contributed by atoms with Gasteiger partial charge in [-0.05, 0) is 51.2 Å². The van der Waals surface area contributed by atoms with Crippen molar-refractivity contribution >= 4 is 5.69 Å². The molecule has 16 heavy (non-hydrogen) atoms. The predicted molar refractivity (Wildman–Crippen MR) is 67.3 cm³/mol. The van der Waals surface area contributed by atoms with Crippen LogP contribution in [0.1, 0.15) is 12.5 Å². The zero-order valence-electron chi connectivity index (χ0n) is 10.3. The summed E-state index contributed by atoms with van der Waals surface area (Å²) in [6.07, 6.45) is 1.09. The SMILES string of the molecule is CCOc1ccc2c(c1)CC(CN(C)C)N2. The summed E-state index contributed by atoms with van der Waals surface area (Å²) in [6.45, 7) is 3.81. The molecule has 88 valence electrons. The van der Waals surface area contributed by atoms with Crippen LogP contribution in [0, 0.1) is 0 Å². The van der Waals surface area contributed by atoms with Gasteiger partial charge in [-0.1, -0.05) is 0 Å². The first kappa shape index (κ1) is 11.3. The lowest BCUT2D eigenvalue weighted by Gasteiger charge is -2.16. The summed E-state index contributed by atoms with van der Waals surface area (Å²) in [4.78, 5) is 2.22. The smallest absolute Gasteiger partial charge is 0.119 e. The lowest BCUT2D eigenvalue weighted by molar-refractivity contribution is 0.340. The zero-order chi connectivity index (χ0) is 11.5. The molecular weight excluding hydrogens is 200 g/mol. The molecule has 0 saturated heterocycles. The minimum absolute atomic E-state index is 0.530. The molecule has 0 radical (unpaired) electrons. The summed E-state index contributed by atoms with van der Waals surface area (Å²) >= 11 is 0. The molecule has 1 atom stereocenters. The normalized spacial score (nSPS) is 18.4. The van der Waals surface area contributed by atoms with Crippen molar-refractivity contribution in [2.45, 2.75) is 19.4 Å². The molecule has 0 spiro atoms. The monoisotopic (exact) mass is 220 g/mol. The number of nitrogens with zero attached hydrogens (tertiary/aromatic N) is 1. The Kier molecular flexibility index (Phi) is 3.34. The van der Waals surface area contributed by atoms with Crippen molar-refractivity contribution in [3.8, 4) is 5.75 Å². The zero-order valence-corrected chi connectivity index (χ0v) is 10.3. The van der Waals surface area contributed by atoms with E-state index in [0.29, 0.717) is 6.04 Å². The topological polar surface area (TPSA) is 24.5 Å². The largest absolute Gasteiger partial charge is 0.494 e. The van der Waals surface area contributed by atoms with Gasteiger partial charge in [0.05, 0.1) is 6.61 Å². The van der Waals surface area contributed by atoms with E-state index in [1.165, 1.54) is 11.3 Å². The molecule has 0 bridgehead atoms. The average molecular weight is 220 g/mol. The minimum Gasteiger partial charge on any atom is -0.494 e. The molecule has 3 heteroatoms. The average Bonchev–Trinajstić information content (AvgIpc) is 2.58. The van der Waals surface area contributed by atoms with Crippen molar-refractivity contribution in [1.29, 1.82) is 0 Å². The highest BCUT2D eigenvalue weighted by Gasteiger charge is 2.21. The number of benzene rings is 1. The fraction of sp³-hybridized carbons (Fsp3) is 0.538. The van der Waals surface area contributed by atoms with Crippen LogP contribution in [0.5, 0.6) is 5.75 Å². The fourth-order valence-corrected chi connectivity index (χ4v) is 2.22. The Bertz CT molecular complexity index is 363. The van der Waals surface area contributed by atoms with E-state index in [1.54, 1.807) is 0 Å². The molecule has 1 N–H and O–H groups in total. The van der Waals surface area contributed by atoms with Crippen LogP contribution in [0.15, 0.2) is 18.2 Å². The molecule has 1 aromatic carbocycles. The van der Waals surface area contributed by atoms with Crippen molar-refractivity contribution in [1.82, 2.24) is 4.90 Å². The Morgan fingerprint density at radius 1 is 1.44 bits per heavy atom. The van der Waals surface area contributed by atoms with E-state index in [2.05, 4.69) is 36.4 Å². The number of anilines is 1. The second-order valence-corrected chi connectivity index (χ2v) is 4.56. The second-order valence-electron chi connectivity index (χ2n) is 4.56. The molecule has 1 aromatic rings. The number of hydrogen-bond donors (Lipinski definition) is 1. The quantitative estimate of drug-likeness (QED) is 0.839. The molecule has 0 amide bonds. The molecule has 1 aliphatic rings. The van der Waals surface area contributed by atoms with Gasteiger partial charge in [-0.15, -0.1) is 0 Å². The van der Waals surface area contributed by atoms with Crippen LogP contribution in [0.2, 0.25) is 0 Å². The third-order valence-corrected chi connectivity index (χ3v) is 2.80. The molecule has 0 aromatic heterocycles. The first-order valence-electron chi connectivity index (χ1n) is 5.86. The highest BCUT2D eigenvalue weighted by atomic mass is 16.5. The number of hydrogen-bond acceptors (Lipinski definition) is 3. The highest BCUT2D eigenvalue weighted by Crippen LogP contribution is 2.29. The molecular formula is C13H20N2O. The van der Waals surface area contributed by atoms with Crippen molar-refractivity contribution in [2.24, 2.45) is 0 Å². The van der Waals surface area contributed by atoms with Crippen LogP contribution in [-0.4, -0.2) is 38.2 Å². The summed E-state index contributed by atoms with van der Waals surface area (Å²) < 4.78 is 5.51. The van der Waals surface area contributed by atoms with Gasteiger partial charge in [-0.25, -0.2) is 0 Å². The van der Waals surface area contributed by atoms with Gasteiger partial charge in [0.15, 0.2) is 0 Å². The van der Waals surface area contributed by atoms with E-state index in [9.17, 15) is 0 Å². The van der Waals surface area contributed by atoms with E-state index < -0.39 is 0 Å². The van der Waals surface area contributed by atoms with Gasteiger partial charge >= 0.3 is 0 Å². The summed E-state index contributed by atoms with van der Waals surface area (Å²) in [7, 11) is 4.21. The lowest BCUT2D eigenvalue weighted by Crippen LogP contribution is -2.30. The Morgan fingerprint density at radius 2 is 2.25 bits per heavy atom. The Hall–Kier alpha value is -1.22. The second kappa shape index (κ2) is 4.74. The maximum atomic E-state index is 5.51. The molecule has 0 aliphatic carbocycles. The first-order valence-corrected chi connectivity index (χ1v) is 5.86. The Morgan fingerprint density at radius 3 is 2.94 bits per heavy atom. The maximum absolute atomic E-state index is 5.51. The maximum Gasteiger partial charge on any atom is 0.119 e. The molecule has 0 saturated carbocycles. The summed E-state index contributed by atoms with van der Waals surface area (Å²) in [5.74, 6) is 0.980. The molecule has 3 nitrogen and oxygen atoms in total. The standard InChI is InChI=1S/C13H20N2O/c1-4-16-12-5-6-13-10(8-12)7-11(14-13)9-15(2)3/h5-6,8,11,14H,4,7,9H2,1-3H3. The van der Waals surface area contributed by atoms with Crippen molar-refractivity contribution in [2.75, 3.05) is 32.6 Å². The minimum atomic E-state index is 0.530. The van der Waals surface area contributed by atoms with Crippen molar-refractivity contribution < 1.29 is 4.74 Å². The molecule has 0 fully saturated rings. The molecule has 1 unspecified atom stereocenters. The third kappa shape index (κ3) is 2.47. The Balaban J connectivity index is 2.06. The van der Waals surface area contributed by atoms with Crippen LogP contribution in [0.3, 0.4) is 0 Å². The van der Waals surface area contributed by atoms with E-state index >= 15 is 0 Å². The van der Waals surface area contributed by atoms with Crippen LogP contribution in [0.4, 0.5) is 5.69 Å². The number of rotatable bonds is 4. The summed E-state index contributed by atoms with van der Waals surface area (Å²) in [6, 6.07) is 6.84. The fourth-order valence-electron chi connectivity index (χ4n) is 2.22. The Labute approximate surface area is 97.4 Å². The van der Waals surface area contributed by atoms with Gasteiger partial charge in [-0.3, -0.25) is 0 Å². The van der Waals surface area contributed by atoms with E-state index in [1.807, 2.05) is 13.0 Å². The van der Waals surface area contributed by atoms with E-state index in [0.717, 1.165) is 25.3 Å². The van der Waals surface area contributed by atoms with Crippen LogP contribution in [0.25, 0.3) is 0 Å². The summed E-state index contributed by atoms with van der Waals surface area (Å²) in [5.41, 5.74) is 2.63. The highest BCUT2D eigenvalue weighted by molar-refractivity contribution is 5.59. The van der Waals surface area contributed by atoms with E-state index in [4.69, 9.17) is 4.74 Å². The predicted octanol–water partition coefficient (Wildman–Crippen LogP) is 1.98. The van der Waals surface area contributed by atoms with Crippen molar-refractivity contribution in [3.05, 3.63) is 23.8 Å².